The summed E-state index contributed by atoms with van der Waals surface area (Å²) in [5.41, 5.74) is 2.42. The van der Waals surface area contributed by atoms with Gasteiger partial charge in [0.15, 0.2) is 0 Å². The smallest absolute Gasteiger partial charge is 0.0404 e. The number of hydrogen-bond donors (Lipinski definition) is 0. The lowest BCUT2D eigenvalue weighted by molar-refractivity contribution is 1.24. The van der Waals surface area contributed by atoms with Crippen LogP contribution in [0.1, 0.15) is 11.1 Å². The molecule has 0 aromatic carbocycles. The number of nitrogens with zero attached hydrogens (tertiary/aromatic N) is 1. The molecule has 0 fully saturated rings. The van der Waals surface area contributed by atoms with E-state index in [0.717, 1.165) is 5.56 Å². The number of hydrogen-bond acceptors (Lipinski definition) is 1. The molecule has 0 saturated carbocycles. The number of rotatable bonds is 2. The van der Waals surface area contributed by atoms with Crippen LogP contribution in [-0.2, 0) is 0 Å². The molecule has 0 bridgehead atoms. The minimum absolute atomic E-state index is 1.15. The first-order valence-electron chi connectivity index (χ1n) is 3.65. The number of aromatic nitrogens is 1. The van der Waals surface area contributed by atoms with Gasteiger partial charge in [0.25, 0.3) is 0 Å². The molecule has 2 heteroatoms. The molecule has 0 radical (unpaired) electrons. The second kappa shape index (κ2) is 4.40. The summed E-state index contributed by atoms with van der Waals surface area (Å²) in [7, 11) is 0. The molecular weight excluding hydrogens is 261 g/mol. The molecule has 0 saturated heterocycles. The summed E-state index contributed by atoms with van der Waals surface area (Å²) in [5, 5.41) is 0. The predicted octanol–water partition coefficient (Wildman–Crippen LogP) is 3.19. The Bertz CT molecular complexity index is 316. The Kier molecular flexibility index (Phi) is 3.47. The number of allylic oxidation sites excluding steroid dienone is 2. The highest BCUT2D eigenvalue weighted by Crippen LogP contribution is 2.15. The summed E-state index contributed by atoms with van der Waals surface area (Å²) < 4.78 is 1.19. The number of pyridine rings is 1. The van der Waals surface area contributed by atoms with Crippen LogP contribution < -0.4 is 0 Å². The largest absolute Gasteiger partial charge is 0.263 e. The van der Waals surface area contributed by atoms with Crippen molar-refractivity contribution < 1.29 is 0 Å². The van der Waals surface area contributed by atoms with Crippen LogP contribution in [-0.4, -0.2) is 4.98 Å². The highest BCUT2D eigenvalue weighted by atomic mass is 127. The Morgan fingerprint density at radius 2 is 2.25 bits per heavy atom. The summed E-state index contributed by atoms with van der Waals surface area (Å²) in [4.78, 5) is 4.10. The lowest BCUT2D eigenvalue weighted by atomic mass is 10.1. The van der Waals surface area contributed by atoms with Crippen molar-refractivity contribution in [1.82, 2.24) is 4.98 Å². The Hall–Kier alpha value is -0.640. The molecular formula is C10H10IN. The first-order valence-corrected chi connectivity index (χ1v) is 4.73. The topological polar surface area (TPSA) is 12.9 Å². The van der Waals surface area contributed by atoms with Crippen molar-refractivity contribution in [1.29, 1.82) is 0 Å². The highest BCUT2D eigenvalue weighted by Gasteiger charge is 1.97. The molecule has 0 amide bonds. The molecule has 0 N–H and O–H groups in total. The van der Waals surface area contributed by atoms with Crippen LogP contribution in [0.2, 0.25) is 0 Å². The minimum Gasteiger partial charge on any atom is -0.263 e. The molecule has 12 heavy (non-hydrogen) atoms. The van der Waals surface area contributed by atoms with E-state index in [1.165, 1.54) is 9.13 Å². The second-order valence-corrected chi connectivity index (χ2v) is 3.59. The summed E-state index contributed by atoms with van der Waals surface area (Å²) in [6, 6.07) is 0. The lowest BCUT2D eigenvalue weighted by Crippen LogP contribution is -1.86. The van der Waals surface area contributed by atoms with E-state index in [2.05, 4.69) is 41.1 Å². The Morgan fingerprint density at radius 3 is 2.92 bits per heavy atom. The van der Waals surface area contributed by atoms with Crippen LogP contribution in [0.4, 0.5) is 0 Å². The van der Waals surface area contributed by atoms with E-state index >= 15 is 0 Å². The summed E-state index contributed by atoms with van der Waals surface area (Å²) in [5.74, 6) is 0. The van der Waals surface area contributed by atoms with Crippen molar-refractivity contribution in [2.24, 2.45) is 0 Å². The van der Waals surface area contributed by atoms with Crippen LogP contribution in [0.15, 0.2) is 31.1 Å². The van der Waals surface area contributed by atoms with Crippen molar-refractivity contribution in [2.75, 3.05) is 0 Å². The van der Waals surface area contributed by atoms with Gasteiger partial charge >= 0.3 is 0 Å². The normalized spacial score (nSPS) is 10.5. The third-order valence-corrected chi connectivity index (χ3v) is 2.69. The molecule has 1 heterocycles. The molecule has 1 aromatic heterocycles. The zero-order chi connectivity index (χ0) is 8.97. The molecule has 62 valence electrons. The van der Waals surface area contributed by atoms with Crippen LogP contribution in [0, 0.1) is 10.5 Å². The standard InChI is InChI=1S/C10H10IN/c1-3-4-5-9-6-12-7-10(11)8(9)2/h3-7H,1H2,2H3/b5-4-. The Morgan fingerprint density at radius 1 is 1.50 bits per heavy atom. The van der Waals surface area contributed by atoms with Gasteiger partial charge in [0.1, 0.15) is 0 Å². The van der Waals surface area contributed by atoms with Gasteiger partial charge in [0, 0.05) is 16.0 Å². The maximum absolute atomic E-state index is 4.10. The van der Waals surface area contributed by atoms with Gasteiger partial charge < -0.3 is 0 Å². The van der Waals surface area contributed by atoms with Crippen LogP contribution >= 0.6 is 22.6 Å². The summed E-state index contributed by atoms with van der Waals surface area (Å²) >= 11 is 2.28. The molecule has 1 aromatic rings. The fourth-order valence-corrected chi connectivity index (χ4v) is 1.33. The summed E-state index contributed by atoms with van der Waals surface area (Å²) in [6.07, 6.45) is 9.41. The van der Waals surface area contributed by atoms with Gasteiger partial charge in [-0.05, 0) is 40.6 Å². The van der Waals surface area contributed by atoms with Crippen molar-refractivity contribution in [3.8, 4) is 0 Å². The average molecular weight is 271 g/mol. The molecule has 0 unspecified atom stereocenters. The van der Waals surface area contributed by atoms with Crippen LogP contribution in [0.5, 0.6) is 0 Å². The summed E-state index contributed by atoms with van der Waals surface area (Å²) in [6.45, 7) is 5.71. The van der Waals surface area contributed by atoms with Crippen molar-refractivity contribution in [3.63, 3.8) is 0 Å². The van der Waals surface area contributed by atoms with Gasteiger partial charge in [-0.15, -0.1) is 0 Å². The highest BCUT2D eigenvalue weighted by molar-refractivity contribution is 14.1. The predicted molar refractivity (Wildman–Crippen MR) is 60.9 cm³/mol. The van der Waals surface area contributed by atoms with Gasteiger partial charge in [0.2, 0.25) is 0 Å². The first-order chi connectivity index (χ1) is 5.75. The van der Waals surface area contributed by atoms with Gasteiger partial charge in [0.05, 0.1) is 0 Å². The van der Waals surface area contributed by atoms with E-state index in [1.54, 1.807) is 6.08 Å². The maximum atomic E-state index is 4.10. The van der Waals surface area contributed by atoms with E-state index in [9.17, 15) is 0 Å². The molecule has 0 aliphatic carbocycles. The fourth-order valence-electron chi connectivity index (χ4n) is 0.854. The van der Waals surface area contributed by atoms with E-state index < -0.39 is 0 Å². The van der Waals surface area contributed by atoms with E-state index in [1.807, 2.05) is 24.5 Å². The fraction of sp³-hybridized carbons (Fsp3) is 0.100. The molecule has 0 aliphatic heterocycles. The maximum Gasteiger partial charge on any atom is 0.0404 e. The molecule has 1 rings (SSSR count). The van der Waals surface area contributed by atoms with E-state index in [0.29, 0.717) is 0 Å². The monoisotopic (exact) mass is 271 g/mol. The SMILES string of the molecule is C=C/C=C\c1cncc(I)c1C. The van der Waals surface area contributed by atoms with Gasteiger partial charge in [-0.1, -0.05) is 24.8 Å². The quantitative estimate of drug-likeness (QED) is 0.594. The molecule has 0 atom stereocenters. The van der Waals surface area contributed by atoms with E-state index in [-0.39, 0.29) is 0 Å². The van der Waals surface area contributed by atoms with E-state index in [4.69, 9.17) is 0 Å². The molecule has 1 nitrogen and oxygen atoms in total. The third kappa shape index (κ3) is 2.17. The van der Waals surface area contributed by atoms with Gasteiger partial charge in [-0.25, -0.2) is 0 Å². The second-order valence-electron chi connectivity index (χ2n) is 2.43. The van der Waals surface area contributed by atoms with Gasteiger partial charge in [-0.3, -0.25) is 4.98 Å². The molecule has 0 spiro atoms. The van der Waals surface area contributed by atoms with Crippen LogP contribution in [0.25, 0.3) is 6.08 Å². The van der Waals surface area contributed by atoms with Crippen molar-refractivity contribution in [3.05, 3.63) is 45.8 Å². The Balaban J connectivity index is 3.07. The first kappa shape index (κ1) is 9.45. The molecule has 0 aliphatic rings. The van der Waals surface area contributed by atoms with Crippen molar-refractivity contribution >= 4 is 28.7 Å². The lowest BCUT2D eigenvalue weighted by Gasteiger charge is -2.00. The van der Waals surface area contributed by atoms with Crippen molar-refractivity contribution in [2.45, 2.75) is 6.92 Å². The average Bonchev–Trinajstić information content (AvgIpc) is 2.08. The zero-order valence-corrected chi connectivity index (χ0v) is 9.08. The number of halogens is 1. The van der Waals surface area contributed by atoms with Gasteiger partial charge in [-0.2, -0.15) is 0 Å². The zero-order valence-electron chi connectivity index (χ0n) is 6.92. The minimum atomic E-state index is 1.15. The van der Waals surface area contributed by atoms with Crippen LogP contribution in [0.3, 0.4) is 0 Å². The Labute approximate surface area is 86.4 Å². The third-order valence-electron chi connectivity index (χ3n) is 1.60.